The number of nitrogens with zero attached hydrogens (tertiary/aromatic N) is 2. The predicted octanol–water partition coefficient (Wildman–Crippen LogP) is 0.947. The van der Waals surface area contributed by atoms with Gasteiger partial charge in [-0.25, -0.2) is 0 Å². The zero-order valence-corrected chi connectivity index (χ0v) is 18.5. The number of ether oxygens (including phenoxy) is 3. The molecule has 3 rings (SSSR count). The molecule has 0 spiro atoms. The Morgan fingerprint density at radius 1 is 1.09 bits per heavy atom. The summed E-state index contributed by atoms with van der Waals surface area (Å²) in [6.07, 6.45) is 4.06. The molecule has 0 unspecified atom stereocenters. The van der Waals surface area contributed by atoms with E-state index in [4.69, 9.17) is 14.2 Å². The normalized spacial score (nSPS) is 14.9. The van der Waals surface area contributed by atoms with Crippen molar-refractivity contribution in [3.05, 3.63) is 53.9 Å². The third-order valence-corrected chi connectivity index (χ3v) is 5.37. The van der Waals surface area contributed by atoms with Crippen molar-refractivity contribution >= 4 is 11.8 Å². The first kappa shape index (κ1) is 23.5. The Hall–Kier alpha value is -3.17. The lowest BCUT2D eigenvalue weighted by molar-refractivity contribution is -0.139. The van der Waals surface area contributed by atoms with Crippen molar-refractivity contribution in [2.24, 2.45) is 0 Å². The standard InChI is InChI=1S/C23H30N4O5/c1-30-20-6-5-17(14-21(20)31-2)7-9-25-22(28)23(29)26-16-19(18-4-3-8-24-15-18)27-10-12-32-13-11-27/h3-6,8,14-15,19H,7,9-13,16H2,1-2H3,(H,25,28)(H,26,29)/t19-/m0/s1. The third-order valence-electron chi connectivity index (χ3n) is 5.37. The minimum Gasteiger partial charge on any atom is -0.493 e. The van der Waals surface area contributed by atoms with Gasteiger partial charge in [0.2, 0.25) is 0 Å². The molecule has 9 nitrogen and oxygen atoms in total. The smallest absolute Gasteiger partial charge is 0.309 e. The van der Waals surface area contributed by atoms with E-state index in [0.717, 1.165) is 24.2 Å². The Bertz CT molecular complexity index is 887. The van der Waals surface area contributed by atoms with E-state index in [0.29, 0.717) is 44.2 Å². The van der Waals surface area contributed by atoms with Gasteiger partial charge in [0.25, 0.3) is 0 Å². The quantitative estimate of drug-likeness (QED) is 0.558. The number of carbonyl (C=O) groups excluding carboxylic acids is 2. The van der Waals surface area contributed by atoms with E-state index in [1.54, 1.807) is 26.6 Å². The van der Waals surface area contributed by atoms with Gasteiger partial charge in [0.15, 0.2) is 11.5 Å². The van der Waals surface area contributed by atoms with Gasteiger partial charge in [-0.3, -0.25) is 19.5 Å². The molecular formula is C23H30N4O5. The van der Waals surface area contributed by atoms with Crippen LogP contribution in [0.4, 0.5) is 0 Å². The van der Waals surface area contributed by atoms with E-state index in [-0.39, 0.29) is 6.04 Å². The zero-order valence-electron chi connectivity index (χ0n) is 18.5. The van der Waals surface area contributed by atoms with Crippen LogP contribution in [0.25, 0.3) is 0 Å². The lowest BCUT2D eigenvalue weighted by atomic mass is 10.1. The second-order valence-corrected chi connectivity index (χ2v) is 7.36. The molecule has 1 fully saturated rings. The molecule has 2 heterocycles. The maximum atomic E-state index is 12.4. The SMILES string of the molecule is COc1ccc(CCNC(=O)C(=O)NC[C@@H](c2cccnc2)N2CCOCC2)cc1OC. The van der Waals surface area contributed by atoms with Crippen LogP contribution in [-0.2, 0) is 20.7 Å². The number of rotatable bonds is 9. The number of methoxy groups -OCH3 is 2. The highest BCUT2D eigenvalue weighted by molar-refractivity contribution is 6.35. The third kappa shape index (κ3) is 6.41. The molecule has 2 amide bonds. The lowest BCUT2D eigenvalue weighted by Gasteiger charge is -2.34. The van der Waals surface area contributed by atoms with Gasteiger partial charge >= 0.3 is 11.8 Å². The van der Waals surface area contributed by atoms with Crippen molar-refractivity contribution in [1.29, 1.82) is 0 Å². The molecule has 1 aliphatic rings. The van der Waals surface area contributed by atoms with Gasteiger partial charge in [0.05, 0.1) is 33.5 Å². The van der Waals surface area contributed by atoms with Crippen LogP contribution < -0.4 is 20.1 Å². The molecule has 0 saturated carbocycles. The molecule has 2 N–H and O–H groups in total. The number of morpholine rings is 1. The van der Waals surface area contributed by atoms with E-state index in [1.165, 1.54) is 0 Å². The van der Waals surface area contributed by atoms with Crippen LogP contribution in [-0.4, -0.2) is 75.3 Å². The number of aromatic nitrogens is 1. The Balaban J connectivity index is 1.50. The molecule has 1 aliphatic heterocycles. The molecule has 1 aromatic carbocycles. The minimum atomic E-state index is -0.655. The van der Waals surface area contributed by atoms with Crippen molar-refractivity contribution in [3.8, 4) is 11.5 Å². The number of hydrogen-bond acceptors (Lipinski definition) is 7. The molecule has 0 bridgehead atoms. The Morgan fingerprint density at radius 3 is 2.53 bits per heavy atom. The largest absolute Gasteiger partial charge is 0.493 e. The van der Waals surface area contributed by atoms with Gasteiger partial charge in [0, 0.05) is 38.6 Å². The maximum absolute atomic E-state index is 12.4. The molecule has 0 aliphatic carbocycles. The van der Waals surface area contributed by atoms with Crippen LogP contribution >= 0.6 is 0 Å². The van der Waals surface area contributed by atoms with Gasteiger partial charge in [0.1, 0.15) is 0 Å². The second kappa shape index (κ2) is 12.0. The van der Waals surface area contributed by atoms with Crippen molar-refractivity contribution < 1.29 is 23.8 Å². The summed E-state index contributed by atoms with van der Waals surface area (Å²) in [7, 11) is 3.15. The average Bonchev–Trinajstić information content (AvgIpc) is 2.85. The van der Waals surface area contributed by atoms with Crippen molar-refractivity contribution in [1.82, 2.24) is 20.5 Å². The number of amides is 2. The first-order chi connectivity index (χ1) is 15.6. The van der Waals surface area contributed by atoms with Crippen LogP contribution in [0.3, 0.4) is 0 Å². The van der Waals surface area contributed by atoms with Crippen molar-refractivity contribution in [2.45, 2.75) is 12.5 Å². The number of nitrogens with one attached hydrogen (secondary N) is 2. The molecule has 1 atom stereocenters. The van der Waals surface area contributed by atoms with Crippen molar-refractivity contribution in [2.75, 3.05) is 53.6 Å². The number of hydrogen-bond donors (Lipinski definition) is 2. The molecule has 2 aromatic rings. The maximum Gasteiger partial charge on any atom is 0.309 e. The van der Waals surface area contributed by atoms with Gasteiger partial charge in [-0.05, 0) is 35.7 Å². The highest BCUT2D eigenvalue weighted by Gasteiger charge is 2.24. The van der Waals surface area contributed by atoms with Crippen LogP contribution in [0.2, 0.25) is 0 Å². The Kier molecular flexibility index (Phi) is 8.82. The van der Waals surface area contributed by atoms with Crippen LogP contribution in [0.1, 0.15) is 17.2 Å². The zero-order chi connectivity index (χ0) is 22.8. The summed E-state index contributed by atoms with van der Waals surface area (Å²) >= 11 is 0. The lowest BCUT2D eigenvalue weighted by Crippen LogP contribution is -2.47. The minimum absolute atomic E-state index is 0.0730. The Morgan fingerprint density at radius 2 is 1.84 bits per heavy atom. The fourth-order valence-electron chi connectivity index (χ4n) is 3.63. The van der Waals surface area contributed by atoms with Crippen molar-refractivity contribution in [3.63, 3.8) is 0 Å². The Labute approximate surface area is 188 Å². The molecule has 172 valence electrons. The van der Waals surface area contributed by atoms with Crippen LogP contribution in [0, 0.1) is 0 Å². The highest BCUT2D eigenvalue weighted by Crippen LogP contribution is 2.27. The molecule has 0 radical (unpaired) electrons. The van der Waals surface area contributed by atoms with Gasteiger partial charge < -0.3 is 24.8 Å². The van der Waals surface area contributed by atoms with Gasteiger partial charge in [-0.2, -0.15) is 0 Å². The first-order valence-electron chi connectivity index (χ1n) is 10.6. The predicted molar refractivity (Wildman–Crippen MR) is 119 cm³/mol. The van der Waals surface area contributed by atoms with Gasteiger partial charge in [-0.1, -0.05) is 12.1 Å². The van der Waals surface area contributed by atoms with Gasteiger partial charge in [-0.15, -0.1) is 0 Å². The summed E-state index contributed by atoms with van der Waals surface area (Å²) in [5.74, 6) is -0.0430. The second-order valence-electron chi connectivity index (χ2n) is 7.36. The highest BCUT2D eigenvalue weighted by atomic mass is 16.5. The fourth-order valence-corrected chi connectivity index (χ4v) is 3.63. The summed E-state index contributed by atoms with van der Waals surface area (Å²) in [6, 6.07) is 9.33. The van der Waals surface area contributed by atoms with Crippen LogP contribution in [0.15, 0.2) is 42.7 Å². The summed E-state index contributed by atoms with van der Waals surface area (Å²) in [4.78, 5) is 31.1. The topological polar surface area (TPSA) is 102 Å². The molecular weight excluding hydrogens is 412 g/mol. The van der Waals surface area contributed by atoms with E-state index in [9.17, 15) is 9.59 Å². The van der Waals surface area contributed by atoms with E-state index < -0.39 is 11.8 Å². The fraction of sp³-hybridized carbons (Fsp3) is 0.435. The summed E-state index contributed by atoms with van der Waals surface area (Å²) in [6.45, 7) is 3.44. The summed E-state index contributed by atoms with van der Waals surface area (Å²) < 4.78 is 16.0. The van der Waals surface area contributed by atoms with E-state index in [2.05, 4.69) is 20.5 Å². The average molecular weight is 443 g/mol. The molecule has 1 aromatic heterocycles. The van der Waals surface area contributed by atoms with E-state index >= 15 is 0 Å². The molecule has 1 saturated heterocycles. The first-order valence-corrected chi connectivity index (χ1v) is 10.6. The number of benzene rings is 1. The molecule has 32 heavy (non-hydrogen) atoms. The summed E-state index contributed by atoms with van der Waals surface area (Å²) in [5, 5.41) is 5.43. The summed E-state index contributed by atoms with van der Waals surface area (Å²) in [5.41, 5.74) is 1.95. The van der Waals surface area contributed by atoms with Crippen LogP contribution in [0.5, 0.6) is 11.5 Å². The monoisotopic (exact) mass is 442 g/mol. The number of carbonyl (C=O) groups is 2. The molecule has 9 heteroatoms. The number of pyridine rings is 1. The van der Waals surface area contributed by atoms with E-state index in [1.807, 2.05) is 30.3 Å².